The molecule has 1 atom stereocenters. The van der Waals surface area contributed by atoms with Crippen LogP contribution in [0, 0.1) is 0 Å². The first kappa shape index (κ1) is 16.8. The average molecular weight is 304 g/mol. The number of nitrogens with zero attached hydrogens (tertiary/aromatic N) is 1. The van der Waals surface area contributed by atoms with Crippen LogP contribution in [0.5, 0.6) is 0 Å². The lowest BCUT2D eigenvalue weighted by Gasteiger charge is -2.35. The normalized spacial score (nSPS) is 17.0. The summed E-state index contributed by atoms with van der Waals surface area (Å²) in [5.41, 5.74) is 1.18. The van der Waals surface area contributed by atoms with Crippen LogP contribution in [0.15, 0.2) is 30.3 Å². The van der Waals surface area contributed by atoms with Crippen LogP contribution in [0.3, 0.4) is 0 Å². The minimum atomic E-state index is 0.0272. The molecule has 4 heteroatoms. The molecule has 0 heterocycles. The predicted molar refractivity (Wildman–Crippen MR) is 88.7 cm³/mol. The van der Waals surface area contributed by atoms with Gasteiger partial charge in [-0.05, 0) is 25.3 Å². The van der Waals surface area contributed by atoms with Gasteiger partial charge in [0.25, 0.3) is 0 Å². The largest absolute Gasteiger partial charge is 0.383 e. The van der Waals surface area contributed by atoms with E-state index in [4.69, 9.17) is 4.74 Å². The van der Waals surface area contributed by atoms with Gasteiger partial charge in [-0.3, -0.25) is 0 Å². The lowest BCUT2D eigenvalue weighted by atomic mass is 9.94. The second-order valence-electron chi connectivity index (χ2n) is 6.21. The fraction of sp³-hybridized carbons (Fsp3) is 0.611. The van der Waals surface area contributed by atoms with Gasteiger partial charge >= 0.3 is 6.03 Å². The second-order valence-corrected chi connectivity index (χ2v) is 6.21. The van der Waals surface area contributed by atoms with Gasteiger partial charge in [-0.1, -0.05) is 49.6 Å². The van der Waals surface area contributed by atoms with E-state index in [1.54, 1.807) is 7.11 Å². The first-order valence-electron chi connectivity index (χ1n) is 8.30. The highest BCUT2D eigenvalue weighted by Gasteiger charge is 2.26. The van der Waals surface area contributed by atoms with E-state index in [1.165, 1.54) is 24.8 Å². The van der Waals surface area contributed by atoms with Crippen molar-refractivity contribution in [2.75, 3.05) is 13.7 Å². The topological polar surface area (TPSA) is 41.6 Å². The maximum Gasteiger partial charge on any atom is 0.318 e. The number of hydrogen-bond donors (Lipinski definition) is 1. The van der Waals surface area contributed by atoms with Crippen LogP contribution in [-0.2, 0) is 11.3 Å². The maximum atomic E-state index is 12.7. The molecule has 1 aliphatic carbocycles. The number of nitrogens with one attached hydrogen (secondary N) is 1. The van der Waals surface area contributed by atoms with Crippen LogP contribution in [0.4, 0.5) is 4.79 Å². The van der Waals surface area contributed by atoms with E-state index < -0.39 is 0 Å². The molecule has 1 fully saturated rings. The molecule has 0 unspecified atom stereocenters. The van der Waals surface area contributed by atoms with Gasteiger partial charge in [0.15, 0.2) is 0 Å². The van der Waals surface area contributed by atoms with E-state index in [0.717, 1.165) is 12.8 Å². The minimum Gasteiger partial charge on any atom is -0.383 e. The molecule has 22 heavy (non-hydrogen) atoms. The van der Waals surface area contributed by atoms with Crippen LogP contribution >= 0.6 is 0 Å². The van der Waals surface area contributed by atoms with Crippen molar-refractivity contribution in [3.8, 4) is 0 Å². The molecule has 2 amide bonds. The zero-order valence-electron chi connectivity index (χ0n) is 13.8. The molecule has 0 radical (unpaired) electrons. The summed E-state index contributed by atoms with van der Waals surface area (Å²) in [7, 11) is 1.66. The lowest BCUT2D eigenvalue weighted by Crippen LogP contribution is -2.49. The van der Waals surface area contributed by atoms with Crippen molar-refractivity contribution in [2.45, 2.75) is 57.7 Å². The number of urea groups is 1. The van der Waals surface area contributed by atoms with Gasteiger partial charge in [-0.2, -0.15) is 0 Å². The second kappa shape index (κ2) is 8.79. The van der Waals surface area contributed by atoms with Crippen LogP contribution in [0.1, 0.15) is 44.6 Å². The van der Waals surface area contributed by atoms with Gasteiger partial charge in [0, 0.05) is 19.7 Å². The van der Waals surface area contributed by atoms with Gasteiger partial charge < -0.3 is 15.0 Å². The minimum absolute atomic E-state index is 0.0272. The molecule has 1 aliphatic rings. The average Bonchev–Trinajstić information content (AvgIpc) is 2.54. The van der Waals surface area contributed by atoms with E-state index in [9.17, 15) is 4.79 Å². The third kappa shape index (κ3) is 5.02. The van der Waals surface area contributed by atoms with E-state index in [1.807, 2.05) is 30.0 Å². The Kier molecular flexibility index (Phi) is 6.72. The summed E-state index contributed by atoms with van der Waals surface area (Å²) in [6.45, 7) is 3.19. The fourth-order valence-electron chi connectivity index (χ4n) is 3.12. The van der Waals surface area contributed by atoms with E-state index in [0.29, 0.717) is 19.2 Å². The highest BCUT2D eigenvalue weighted by atomic mass is 16.5. The molecular weight excluding hydrogens is 276 g/mol. The maximum absolute atomic E-state index is 12.7. The Morgan fingerprint density at radius 2 is 1.95 bits per heavy atom. The Hall–Kier alpha value is -1.55. The van der Waals surface area contributed by atoms with Crippen molar-refractivity contribution < 1.29 is 9.53 Å². The fourth-order valence-corrected chi connectivity index (χ4v) is 3.12. The Morgan fingerprint density at radius 1 is 1.27 bits per heavy atom. The number of rotatable bonds is 6. The monoisotopic (exact) mass is 304 g/mol. The summed E-state index contributed by atoms with van der Waals surface area (Å²) in [6.07, 6.45) is 5.95. The molecule has 0 saturated heterocycles. The zero-order chi connectivity index (χ0) is 15.8. The zero-order valence-corrected chi connectivity index (χ0v) is 13.8. The smallest absolute Gasteiger partial charge is 0.318 e. The van der Waals surface area contributed by atoms with Crippen molar-refractivity contribution in [3.05, 3.63) is 35.9 Å². The molecule has 0 spiro atoms. The van der Waals surface area contributed by atoms with Crippen molar-refractivity contribution in [1.82, 2.24) is 10.2 Å². The predicted octanol–water partition coefficient (Wildman–Crippen LogP) is 3.57. The van der Waals surface area contributed by atoms with Gasteiger partial charge in [0.2, 0.25) is 0 Å². The Morgan fingerprint density at radius 3 is 2.59 bits per heavy atom. The highest BCUT2D eigenvalue weighted by molar-refractivity contribution is 5.75. The lowest BCUT2D eigenvalue weighted by molar-refractivity contribution is 0.135. The quantitative estimate of drug-likeness (QED) is 0.873. The van der Waals surface area contributed by atoms with Gasteiger partial charge in [0.05, 0.1) is 12.6 Å². The Bertz CT molecular complexity index is 444. The number of amides is 2. The van der Waals surface area contributed by atoms with E-state index in [2.05, 4.69) is 17.4 Å². The number of ether oxygens (including phenoxy) is 1. The number of carbonyl (C=O) groups is 1. The van der Waals surface area contributed by atoms with Crippen molar-refractivity contribution in [2.24, 2.45) is 0 Å². The number of hydrogen-bond acceptors (Lipinski definition) is 2. The molecule has 0 bridgehead atoms. The molecule has 2 rings (SSSR count). The summed E-state index contributed by atoms with van der Waals surface area (Å²) in [4.78, 5) is 14.7. The molecule has 4 nitrogen and oxygen atoms in total. The van der Waals surface area contributed by atoms with Gasteiger partial charge in [0.1, 0.15) is 0 Å². The molecule has 0 aliphatic heterocycles. The third-order valence-electron chi connectivity index (χ3n) is 4.26. The molecule has 0 aromatic heterocycles. The Balaban J connectivity index is 2.04. The molecular formula is C18H28N2O2. The SMILES string of the molecule is COC[C@H](C)NC(=O)N(Cc1ccccc1)C1CCCCC1. The van der Waals surface area contributed by atoms with Crippen LogP contribution in [0.25, 0.3) is 0 Å². The molecule has 1 aromatic rings. The van der Waals surface area contributed by atoms with Crippen LogP contribution in [-0.4, -0.2) is 36.7 Å². The van der Waals surface area contributed by atoms with Gasteiger partial charge in [-0.15, -0.1) is 0 Å². The molecule has 1 N–H and O–H groups in total. The standard InChI is InChI=1S/C18H28N2O2/c1-15(14-22-2)19-18(21)20(17-11-7-4-8-12-17)13-16-9-5-3-6-10-16/h3,5-6,9-10,15,17H,4,7-8,11-14H2,1-2H3,(H,19,21)/t15-/m0/s1. The number of methoxy groups -OCH3 is 1. The summed E-state index contributed by atoms with van der Waals surface area (Å²) in [5, 5.41) is 3.06. The van der Waals surface area contributed by atoms with Crippen molar-refractivity contribution in [1.29, 1.82) is 0 Å². The van der Waals surface area contributed by atoms with E-state index >= 15 is 0 Å². The van der Waals surface area contributed by atoms with Crippen molar-refractivity contribution in [3.63, 3.8) is 0 Å². The molecule has 122 valence electrons. The molecule has 1 saturated carbocycles. The summed E-state index contributed by atoms with van der Waals surface area (Å²) >= 11 is 0. The summed E-state index contributed by atoms with van der Waals surface area (Å²) < 4.78 is 5.11. The first-order chi connectivity index (χ1) is 10.7. The van der Waals surface area contributed by atoms with Gasteiger partial charge in [-0.25, -0.2) is 4.79 Å². The number of carbonyl (C=O) groups excluding carboxylic acids is 1. The van der Waals surface area contributed by atoms with Crippen LogP contribution < -0.4 is 5.32 Å². The van der Waals surface area contributed by atoms with Crippen LogP contribution in [0.2, 0.25) is 0 Å². The highest BCUT2D eigenvalue weighted by Crippen LogP contribution is 2.24. The van der Waals surface area contributed by atoms with E-state index in [-0.39, 0.29) is 12.1 Å². The summed E-state index contributed by atoms with van der Waals surface area (Å²) in [6, 6.07) is 10.6. The Labute approximate surface area is 133 Å². The van der Waals surface area contributed by atoms with Crippen molar-refractivity contribution >= 4 is 6.03 Å². The first-order valence-corrected chi connectivity index (χ1v) is 8.30. The third-order valence-corrected chi connectivity index (χ3v) is 4.26. The molecule has 1 aromatic carbocycles. The summed E-state index contributed by atoms with van der Waals surface area (Å²) in [5.74, 6) is 0. The number of benzene rings is 1.